The van der Waals surface area contributed by atoms with E-state index in [1.54, 1.807) is 0 Å². The van der Waals surface area contributed by atoms with Gasteiger partial charge in [-0.3, -0.25) is 14.9 Å². The Balaban J connectivity index is 0.00000338. The molecule has 0 saturated heterocycles. The number of halogens is 1. The molecule has 0 saturated carbocycles. The van der Waals surface area contributed by atoms with Crippen molar-refractivity contribution < 1.29 is 9.59 Å². The normalized spacial score (nSPS) is 11.6. The first-order valence-corrected chi connectivity index (χ1v) is 8.88. The fraction of sp³-hybridized carbons (Fsp3) is 0.412. The molecular formula is C17H24ClN5O2S. The van der Waals surface area contributed by atoms with Crippen LogP contribution in [-0.2, 0) is 16.0 Å². The van der Waals surface area contributed by atoms with Crippen LogP contribution >= 0.6 is 23.7 Å². The van der Waals surface area contributed by atoms with Crippen LogP contribution in [-0.4, -0.2) is 34.6 Å². The summed E-state index contributed by atoms with van der Waals surface area (Å²) in [7, 11) is 0. The second kappa shape index (κ2) is 10.2. The number of nitrogens with two attached hydrogens (primary N) is 1. The zero-order valence-corrected chi connectivity index (χ0v) is 16.6. The highest BCUT2D eigenvalue weighted by molar-refractivity contribution is 7.15. The van der Waals surface area contributed by atoms with Crippen LogP contribution in [0.5, 0.6) is 0 Å². The minimum absolute atomic E-state index is 0. The van der Waals surface area contributed by atoms with E-state index < -0.39 is 6.04 Å². The topological polar surface area (TPSA) is 110 Å². The number of rotatable bonds is 7. The summed E-state index contributed by atoms with van der Waals surface area (Å²) in [5, 5.41) is 14.4. The van der Waals surface area contributed by atoms with Crippen LogP contribution in [0.25, 0.3) is 0 Å². The van der Waals surface area contributed by atoms with Crippen LogP contribution in [0.4, 0.5) is 5.13 Å². The Morgan fingerprint density at radius 3 is 2.46 bits per heavy atom. The van der Waals surface area contributed by atoms with Gasteiger partial charge in [-0.1, -0.05) is 55.0 Å². The van der Waals surface area contributed by atoms with Crippen LogP contribution in [0, 0.1) is 12.8 Å². The summed E-state index contributed by atoms with van der Waals surface area (Å²) in [4.78, 5) is 23.6. The summed E-state index contributed by atoms with van der Waals surface area (Å²) < 4.78 is 0. The van der Waals surface area contributed by atoms with Gasteiger partial charge in [0.15, 0.2) is 0 Å². The van der Waals surface area contributed by atoms with Crippen molar-refractivity contribution in [2.45, 2.75) is 33.2 Å². The zero-order valence-electron chi connectivity index (χ0n) is 15.0. The third-order valence-corrected chi connectivity index (χ3v) is 4.47. The van der Waals surface area contributed by atoms with Gasteiger partial charge in [0.2, 0.25) is 16.9 Å². The van der Waals surface area contributed by atoms with E-state index in [0.29, 0.717) is 11.6 Å². The number of nitrogens with one attached hydrogen (secondary N) is 2. The number of nitrogens with zero attached hydrogens (tertiary/aromatic N) is 2. The van der Waals surface area contributed by atoms with E-state index in [4.69, 9.17) is 5.73 Å². The molecule has 0 aliphatic heterocycles. The van der Waals surface area contributed by atoms with Crippen LogP contribution in [0.2, 0.25) is 0 Å². The maximum Gasteiger partial charge on any atom is 0.245 e. The number of aromatic nitrogens is 2. The number of hydrogen-bond donors (Lipinski definition) is 3. The number of aryl methyl sites for hydroxylation is 1. The standard InChI is InChI=1S/C17H23N5O2S.ClH/c1-10(2)15(18)16(24)19-9-13(23)20-17-22-21-14(25-17)8-12-6-4-11(3)5-7-12;/h4-7,10,15H,8-9,18H2,1-3H3,(H,19,24)(H,20,22,23);1H/t15-;/m0./s1. The third-order valence-electron chi connectivity index (χ3n) is 3.63. The Labute approximate surface area is 163 Å². The average Bonchev–Trinajstić information content (AvgIpc) is 3.00. The van der Waals surface area contributed by atoms with Gasteiger partial charge in [0.05, 0.1) is 12.6 Å². The third kappa shape index (κ3) is 6.70. The summed E-state index contributed by atoms with van der Waals surface area (Å²) in [5.41, 5.74) is 8.06. The van der Waals surface area contributed by atoms with E-state index in [9.17, 15) is 9.59 Å². The number of benzene rings is 1. The van der Waals surface area contributed by atoms with Crippen molar-refractivity contribution in [1.82, 2.24) is 15.5 Å². The summed E-state index contributed by atoms with van der Waals surface area (Å²) in [6.07, 6.45) is 0.661. The van der Waals surface area contributed by atoms with Crippen molar-refractivity contribution in [2.24, 2.45) is 11.7 Å². The predicted octanol–water partition coefficient (Wildman–Crippen LogP) is 1.90. The lowest BCUT2D eigenvalue weighted by atomic mass is 10.1. The summed E-state index contributed by atoms with van der Waals surface area (Å²) in [5.74, 6) is -0.694. The summed E-state index contributed by atoms with van der Waals surface area (Å²) in [6, 6.07) is 7.55. The maximum absolute atomic E-state index is 11.9. The SMILES string of the molecule is Cc1ccc(Cc2nnc(NC(=O)CNC(=O)[C@@H](N)C(C)C)s2)cc1.Cl. The molecule has 0 bridgehead atoms. The molecule has 0 unspecified atom stereocenters. The van der Waals surface area contributed by atoms with Crippen molar-refractivity contribution in [3.63, 3.8) is 0 Å². The van der Waals surface area contributed by atoms with E-state index >= 15 is 0 Å². The molecule has 0 aliphatic carbocycles. The van der Waals surface area contributed by atoms with Gasteiger partial charge in [-0.05, 0) is 18.4 Å². The summed E-state index contributed by atoms with van der Waals surface area (Å²) >= 11 is 1.31. The highest BCUT2D eigenvalue weighted by Gasteiger charge is 2.18. The van der Waals surface area contributed by atoms with Gasteiger partial charge in [-0.15, -0.1) is 22.6 Å². The van der Waals surface area contributed by atoms with Gasteiger partial charge in [0.1, 0.15) is 5.01 Å². The quantitative estimate of drug-likeness (QED) is 0.660. The largest absolute Gasteiger partial charge is 0.346 e. The second-order valence-electron chi connectivity index (χ2n) is 6.20. The molecule has 0 aliphatic rings. The number of carbonyl (C=O) groups is 2. The molecule has 2 rings (SSSR count). The van der Waals surface area contributed by atoms with Gasteiger partial charge in [-0.25, -0.2) is 0 Å². The van der Waals surface area contributed by atoms with Crippen molar-refractivity contribution in [1.29, 1.82) is 0 Å². The van der Waals surface area contributed by atoms with Crippen molar-refractivity contribution >= 4 is 40.7 Å². The van der Waals surface area contributed by atoms with E-state index in [2.05, 4.69) is 20.8 Å². The number of amides is 2. The molecule has 1 aromatic heterocycles. The fourth-order valence-electron chi connectivity index (χ4n) is 2.01. The number of anilines is 1. The zero-order chi connectivity index (χ0) is 18.4. The van der Waals surface area contributed by atoms with Gasteiger partial charge >= 0.3 is 0 Å². The van der Waals surface area contributed by atoms with Gasteiger partial charge in [-0.2, -0.15) is 0 Å². The molecule has 1 atom stereocenters. The molecule has 2 aromatic rings. The number of hydrogen-bond acceptors (Lipinski definition) is 6. The van der Waals surface area contributed by atoms with E-state index in [1.807, 2.05) is 45.0 Å². The van der Waals surface area contributed by atoms with Crippen LogP contribution in [0.1, 0.15) is 30.0 Å². The Kier molecular flexibility index (Phi) is 8.64. The average molecular weight is 398 g/mol. The number of carbonyl (C=O) groups excluding carboxylic acids is 2. The molecule has 26 heavy (non-hydrogen) atoms. The lowest BCUT2D eigenvalue weighted by Crippen LogP contribution is -2.46. The molecule has 9 heteroatoms. The molecule has 0 fully saturated rings. The fourth-order valence-corrected chi connectivity index (χ4v) is 2.80. The smallest absolute Gasteiger partial charge is 0.245 e. The maximum atomic E-state index is 11.9. The molecule has 1 heterocycles. The van der Waals surface area contributed by atoms with Crippen LogP contribution in [0.15, 0.2) is 24.3 Å². The van der Waals surface area contributed by atoms with Gasteiger partial charge in [0.25, 0.3) is 0 Å². The molecule has 0 spiro atoms. The lowest BCUT2D eigenvalue weighted by Gasteiger charge is -2.14. The first kappa shape index (κ1) is 22.0. The summed E-state index contributed by atoms with van der Waals surface area (Å²) in [6.45, 7) is 5.59. The first-order chi connectivity index (χ1) is 11.8. The molecule has 142 valence electrons. The van der Waals surface area contributed by atoms with Gasteiger partial charge in [0, 0.05) is 6.42 Å². The molecule has 4 N–H and O–H groups in total. The van der Waals surface area contributed by atoms with E-state index in [1.165, 1.54) is 16.9 Å². The molecule has 1 aromatic carbocycles. The molecule has 7 nitrogen and oxygen atoms in total. The highest BCUT2D eigenvalue weighted by Crippen LogP contribution is 2.18. The Bertz CT molecular complexity index is 733. The monoisotopic (exact) mass is 397 g/mol. The second-order valence-corrected chi connectivity index (χ2v) is 7.26. The Morgan fingerprint density at radius 1 is 1.19 bits per heavy atom. The van der Waals surface area contributed by atoms with Gasteiger partial charge < -0.3 is 11.1 Å². The molecular weight excluding hydrogens is 374 g/mol. The van der Waals surface area contributed by atoms with Crippen molar-refractivity contribution in [2.75, 3.05) is 11.9 Å². The Hall–Kier alpha value is -2.03. The Morgan fingerprint density at radius 2 is 1.85 bits per heavy atom. The lowest BCUT2D eigenvalue weighted by molar-refractivity contribution is -0.125. The molecule has 0 radical (unpaired) electrons. The minimum atomic E-state index is -0.629. The highest BCUT2D eigenvalue weighted by atomic mass is 35.5. The predicted molar refractivity (Wildman–Crippen MR) is 106 cm³/mol. The molecule has 2 amide bonds. The van der Waals surface area contributed by atoms with Crippen molar-refractivity contribution in [3.05, 3.63) is 40.4 Å². The van der Waals surface area contributed by atoms with E-state index in [-0.39, 0.29) is 36.7 Å². The minimum Gasteiger partial charge on any atom is -0.346 e. The van der Waals surface area contributed by atoms with Crippen LogP contribution < -0.4 is 16.4 Å². The van der Waals surface area contributed by atoms with Crippen LogP contribution in [0.3, 0.4) is 0 Å². The first-order valence-electron chi connectivity index (χ1n) is 8.06. The van der Waals surface area contributed by atoms with Crippen molar-refractivity contribution in [3.8, 4) is 0 Å². The van der Waals surface area contributed by atoms with E-state index in [0.717, 1.165) is 10.6 Å².